The molecule has 570 valence electrons. The number of nitrogens with zero attached hydrogens (tertiary/aromatic N) is 6. The van der Waals surface area contributed by atoms with Crippen LogP contribution >= 0.6 is 0 Å². The second-order valence-corrected chi connectivity index (χ2v) is 30.1. The molecular formula is C84H102N6O16S. The first-order chi connectivity index (χ1) is 51.0. The zero-order valence-electron chi connectivity index (χ0n) is 63.7. The summed E-state index contributed by atoms with van der Waals surface area (Å²) >= 11 is 0. The second kappa shape index (κ2) is 39.4. The molecule has 22 nitrogen and oxygen atoms in total. The van der Waals surface area contributed by atoms with Gasteiger partial charge in [-0.05, 0) is 195 Å². The van der Waals surface area contributed by atoms with Crippen molar-refractivity contribution in [2.75, 3.05) is 55.0 Å². The monoisotopic (exact) mass is 1480 g/mol. The van der Waals surface area contributed by atoms with Gasteiger partial charge in [0.05, 0.1) is 58.5 Å². The molecule has 6 aliphatic rings. The molecule has 6 aliphatic heterocycles. The van der Waals surface area contributed by atoms with Gasteiger partial charge in [-0.25, -0.2) is 19.3 Å². The standard InChI is InChI=1S/C26H30N2O4.C24H24N2O3.C14H11NO2.C13H23NO5S.C4H6O.C3H8O/c1-26(2,3)32-25(29)28-19-10-11-20(28)16-22(15-19)31-21-13-17(12-18(14-21)27-4)23-8-6-7-9-24(23)30-5;1-4-24(27)26-18-9-10-19(26)15-21(14-18)29-20-12-16(11-17(13-20)25-2)22-7-5-6-8-23(22)28-3;1-17-14-5-3-2-4-13(14)11-6-10(9-15)7-12(16)8-11;1-13(2,3)18-12(15)14-9-5-6-10(14)8-11(7-9)19-20(4,16)17;1-3-4-5-2;1-3-4-2/h6-9,12-14,19-20,22H,10-11,15-16H2,1-3,5H3;4-8,11-13,18-19,21H,1,9-10,14-15H2,3H3;2-8,16H,1H3;9-11H,5-8H2,1-4H3;1H,4H2,2H3;3H2,1-2H3. The number of piperidine rings is 3. The van der Waals surface area contributed by atoms with Gasteiger partial charge in [0.25, 0.3) is 10.1 Å². The van der Waals surface area contributed by atoms with E-state index in [1.165, 1.54) is 12.1 Å². The summed E-state index contributed by atoms with van der Waals surface area (Å²) < 4.78 is 76.5. The Balaban J connectivity index is 0.000000196. The Morgan fingerprint density at radius 1 is 0.570 bits per heavy atom. The molecule has 6 fully saturated rings. The predicted octanol–water partition coefficient (Wildman–Crippen LogP) is 17.0. The number of methoxy groups -OCH3 is 5. The Hall–Kier alpha value is -10.3. The number of terminal acetylenes is 1. The highest BCUT2D eigenvalue weighted by Crippen LogP contribution is 2.44. The van der Waals surface area contributed by atoms with Gasteiger partial charge in [-0.2, -0.15) is 13.7 Å². The van der Waals surface area contributed by atoms with Crippen LogP contribution in [0.25, 0.3) is 43.1 Å². The number of rotatable bonds is 15. The number of carbonyl (C=O) groups excluding carboxylic acids is 3. The molecule has 0 aromatic heterocycles. The lowest BCUT2D eigenvalue weighted by Gasteiger charge is -2.39. The largest absolute Gasteiger partial charge is 0.508 e. The number of fused-ring (bicyclic) bond motifs is 6. The minimum Gasteiger partial charge on any atom is -0.508 e. The number of hydrogen-bond donors (Lipinski definition) is 1. The number of ether oxygens (including phenoxy) is 9. The summed E-state index contributed by atoms with van der Waals surface area (Å²) in [6, 6.07) is 41.7. The molecule has 0 radical (unpaired) electrons. The average molecular weight is 1480 g/mol. The number of hydrogen-bond acceptors (Lipinski definition) is 17. The molecule has 6 unspecified atom stereocenters. The molecule has 1 N–H and O–H groups in total. The number of nitriles is 1. The molecule has 6 bridgehead atoms. The molecule has 6 saturated heterocycles. The lowest BCUT2D eigenvalue weighted by atomic mass is 9.99. The average Bonchev–Trinajstić information content (AvgIpc) is 1.68. The van der Waals surface area contributed by atoms with E-state index in [9.17, 15) is 27.9 Å². The van der Waals surface area contributed by atoms with Crippen molar-refractivity contribution in [3.63, 3.8) is 0 Å². The minimum atomic E-state index is -3.44. The van der Waals surface area contributed by atoms with Crippen molar-refractivity contribution < 1.29 is 74.7 Å². The van der Waals surface area contributed by atoms with Crippen molar-refractivity contribution in [1.29, 1.82) is 5.26 Å². The van der Waals surface area contributed by atoms with E-state index >= 15 is 0 Å². The summed E-state index contributed by atoms with van der Waals surface area (Å²) in [5.41, 5.74) is 5.71. The molecule has 6 heterocycles. The highest BCUT2D eigenvalue weighted by atomic mass is 32.2. The van der Waals surface area contributed by atoms with Crippen LogP contribution < -0.4 is 23.7 Å². The first-order valence-electron chi connectivity index (χ1n) is 35.8. The Labute approximate surface area is 632 Å². The Morgan fingerprint density at radius 3 is 1.22 bits per heavy atom. The quantitative estimate of drug-likeness (QED) is 0.0435. The van der Waals surface area contributed by atoms with Crippen molar-refractivity contribution >= 4 is 39.6 Å². The van der Waals surface area contributed by atoms with Gasteiger partial charge >= 0.3 is 12.2 Å². The maximum Gasteiger partial charge on any atom is 0.410 e. The van der Waals surface area contributed by atoms with Crippen molar-refractivity contribution in [3.05, 3.63) is 168 Å². The number of aromatic hydroxyl groups is 1. The molecule has 12 rings (SSSR count). The number of phenolic OH excluding ortho intramolecular Hbond substituents is 1. The molecule has 6 aromatic carbocycles. The first-order valence-corrected chi connectivity index (χ1v) is 37.6. The summed E-state index contributed by atoms with van der Waals surface area (Å²) in [5.74, 6) is 5.97. The summed E-state index contributed by atoms with van der Waals surface area (Å²) in [6.45, 7) is 33.0. The van der Waals surface area contributed by atoms with Gasteiger partial charge in [0.15, 0.2) is 11.4 Å². The third-order valence-corrected chi connectivity index (χ3v) is 19.1. The molecule has 0 spiro atoms. The molecule has 0 aliphatic carbocycles. The van der Waals surface area contributed by atoms with Crippen molar-refractivity contribution in [1.82, 2.24) is 14.7 Å². The maximum atomic E-state index is 12.7. The van der Waals surface area contributed by atoms with E-state index in [0.29, 0.717) is 53.6 Å². The lowest BCUT2D eigenvalue weighted by molar-refractivity contribution is -0.131. The Bertz CT molecular complexity index is 4250. The molecular weight excluding hydrogens is 1380 g/mol. The SMILES string of the molecule is C#CCOC.CC(C)(C)OC(=O)N1C2CCC1CC(OS(C)(=O)=O)C2.CCOC.COc1ccccc1-c1cc(O)cc(C#N)c1.[C-]#[N+]c1cc(OC2CC3CCC(C2)N3C(=O)C=C)cc(-c2ccccc2OC)c1.[C-]#[N+]c1cc(OC2CC3CCC(C2)N3C(=O)OC(C)(C)C)cc(-c2ccccc2OC)c1. The predicted molar refractivity (Wildman–Crippen MR) is 412 cm³/mol. The lowest BCUT2D eigenvalue weighted by Crippen LogP contribution is -2.50. The highest BCUT2D eigenvalue weighted by molar-refractivity contribution is 7.86. The third-order valence-electron chi connectivity index (χ3n) is 18.5. The van der Waals surface area contributed by atoms with E-state index in [2.05, 4.69) is 31.7 Å². The molecule has 3 amide bonds. The Morgan fingerprint density at radius 2 is 0.925 bits per heavy atom. The number of para-hydroxylation sites is 3. The van der Waals surface area contributed by atoms with E-state index < -0.39 is 21.3 Å². The van der Waals surface area contributed by atoms with Crippen molar-refractivity contribution in [3.8, 4) is 86.3 Å². The number of benzene rings is 6. The van der Waals surface area contributed by atoms with E-state index in [0.717, 1.165) is 122 Å². The normalized spacial score (nSPS) is 20.6. The molecule has 0 saturated carbocycles. The summed E-state index contributed by atoms with van der Waals surface area (Å²) in [4.78, 5) is 50.0. The summed E-state index contributed by atoms with van der Waals surface area (Å²) in [5, 5.41) is 18.4. The van der Waals surface area contributed by atoms with E-state index in [4.69, 9.17) is 62.2 Å². The highest BCUT2D eigenvalue weighted by Gasteiger charge is 2.48. The van der Waals surface area contributed by atoms with Gasteiger partial charge in [0.2, 0.25) is 5.91 Å². The van der Waals surface area contributed by atoms with Gasteiger partial charge in [-0.3, -0.25) is 8.98 Å². The van der Waals surface area contributed by atoms with Crippen LogP contribution in [-0.2, 0) is 38.0 Å². The zero-order chi connectivity index (χ0) is 78.2. The molecule has 6 aromatic rings. The van der Waals surface area contributed by atoms with Crippen molar-refractivity contribution in [2.45, 2.75) is 191 Å². The minimum absolute atomic E-state index is 0.00214. The maximum absolute atomic E-state index is 12.7. The van der Waals surface area contributed by atoms with Crippen LogP contribution in [0.1, 0.15) is 131 Å². The van der Waals surface area contributed by atoms with E-state index in [1.54, 1.807) is 64.7 Å². The first kappa shape index (κ1) is 84.0. The Kier molecular flexibility index (Phi) is 30.9. The van der Waals surface area contributed by atoms with Gasteiger partial charge in [-0.1, -0.05) is 67.1 Å². The van der Waals surface area contributed by atoms with Gasteiger partial charge < -0.3 is 62.4 Å². The van der Waals surface area contributed by atoms with Crippen molar-refractivity contribution in [2.24, 2.45) is 0 Å². The third kappa shape index (κ3) is 24.4. The van der Waals surface area contributed by atoms with Crippen LogP contribution in [0.15, 0.2) is 140 Å². The fraction of sp³-hybridized carbons (Fsp3) is 0.452. The van der Waals surface area contributed by atoms with Crippen LogP contribution in [0.2, 0.25) is 0 Å². The molecule has 23 heteroatoms. The fourth-order valence-corrected chi connectivity index (χ4v) is 14.9. The number of carbonyl (C=O) groups is 3. The second-order valence-electron chi connectivity index (χ2n) is 28.5. The van der Waals surface area contributed by atoms with Gasteiger partial charge in [-0.15, -0.1) is 6.42 Å². The van der Waals surface area contributed by atoms with Crippen LogP contribution in [0.5, 0.6) is 34.5 Å². The summed E-state index contributed by atoms with van der Waals surface area (Å²) in [7, 11) is 4.68. The number of phenols is 1. The van der Waals surface area contributed by atoms with Crippen LogP contribution in [0.3, 0.4) is 0 Å². The zero-order valence-corrected chi connectivity index (χ0v) is 64.6. The van der Waals surface area contributed by atoms with E-state index in [1.807, 2.05) is 161 Å². The molecule has 6 atom stereocenters. The topological polar surface area (TPSA) is 240 Å². The smallest absolute Gasteiger partial charge is 0.410 e. The van der Waals surface area contributed by atoms with Crippen LogP contribution in [0.4, 0.5) is 21.0 Å². The van der Waals surface area contributed by atoms with Crippen LogP contribution in [-0.4, -0.2) is 167 Å². The fourth-order valence-electron chi connectivity index (χ4n) is 14.3. The molecule has 107 heavy (non-hydrogen) atoms. The van der Waals surface area contributed by atoms with Gasteiger partial charge in [0, 0.05) is 99.5 Å². The van der Waals surface area contributed by atoms with E-state index in [-0.39, 0.29) is 78.4 Å². The van der Waals surface area contributed by atoms with Crippen LogP contribution in [0, 0.1) is 36.8 Å². The summed E-state index contributed by atoms with van der Waals surface area (Å²) in [6.07, 6.45) is 16.4. The van der Waals surface area contributed by atoms with Gasteiger partial charge in [0.1, 0.15) is 64.5 Å². The number of amides is 3.